The molecule has 0 amide bonds. The van der Waals surface area contributed by atoms with Crippen molar-refractivity contribution in [3.05, 3.63) is 144 Å². The number of nitrogens with zero attached hydrogens (tertiary/aromatic N) is 2. The summed E-state index contributed by atoms with van der Waals surface area (Å²) in [6.07, 6.45) is 6.45. The molecule has 0 saturated heterocycles. The molecule has 0 saturated carbocycles. The standard InChI is InChI=1S/C40H36N2O11/c1-4-37(43)49-23-7-6-22-48-32-19-13-31(14-20-32)39(45)52-36-21-12-30(24-35(36)40(46)47-3)26-42-41-25-28-8-17-34(18-9-28)53-50-27-29-10-15-33(16-11-29)51-38(44)5-2/h4-5,8-21,24-26H,1-2,6-7,22-23,27H2,3H3/b41-25+,42-26+. The van der Waals surface area contributed by atoms with Gasteiger partial charge in [-0.3, -0.25) is 0 Å². The van der Waals surface area contributed by atoms with Crippen molar-refractivity contribution >= 4 is 36.3 Å². The number of rotatable bonds is 19. The number of ether oxygens (including phenoxy) is 5. The van der Waals surface area contributed by atoms with Crippen LogP contribution in [0.4, 0.5) is 0 Å². The quantitative estimate of drug-likeness (QED) is 0.0195. The molecule has 0 N–H and O–H groups in total. The number of carbonyl (C=O) groups is 4. The van der Waals surface area contributed by atoms with Crippen molar-refractivity contribution in [1.82, 2.24) is 0 Å². The summed E-state index contributed by atoms with van der Waals surface area (Å²) in [5, 5.41) is 8.10. The van der Waals surface area contributed by atoms with Gasteiger partial charge >= 0.3 is 23.9 Å². The van der Waals surface area contributed by atoms with Gasteiger partial charge in [0.2, 0.25) is 0 Å². The van der Waals surface area contributed by atoms with Crippen molar-refractivity contribution in [1.29, 1.82) is 0 Å². The fraction of sp³-hybridized carbons (Fsp3) is 0.150. The van der Waals surface area contributed by atoms with Gasteiger partial charge in [-0.1, -0.05) is 25.3 Å². The predicted molar refractivity (Wildman–Crippen MR) is 194 cm³/mol. The minimum absolute atomic E-state index is 0.00993. The second kappa shape index (κ2) is 20.7. The molecule has 0 heterocycles. The summed E-state index contributed by atoms with van der Waals surface area (Å²) in [6.45, 7) is 7.54. The maximum absolute atomic E-state index is 12.9. The van der Waals surface area contributed by atoms with E-state index in [9.17, 15) is 19.2 Å². The molecule has 0 unspecified atom stereocenters. The van der Waals surface area contributed by atoms with Crippen LogP contribution in [0.3, 0.4) is 0 Å². The number of benzene rings is 4. The van der Waals surface area contributed by atoms with Gasteiger partial charge in [0, 0.05) is 12.2 Å². The molecule has 0 spiro atoms. The lowest BCUT2D eigenvalue weighted by Crippen LogP contribution is -2.13. The topological polar surface area (TPSA) is 158 Å². The maximum atomic E-state index is 12.9. The van der Waals surface area contributed by atoms with Crippen LogP contribution in [-0.4, -0.2) is 56.6 Å². The van der Waals surface area contributed by atoms with Gasteiger partial charge in [-0.25, -0.2) is 19.2 Å². The third kappa shape index (κ3) is 13.1. The molecule has 0 aromatic heterocycles. The third-order valence-corrected chi connectivity index (χ3v) is 6.97. The molecule has 0 atom stereocenters. The average Bonchev–Trinajstić information content (AvgIpc) is 3.19. The SMILES string of the molecule is C=CC(=O)OCCCCOc1ccc(C(=O)Oc2ccc(/C=N/N=C/c3ccc(OOCc4ccc(OC(=O)C=C)cc4)cc3)cc2C(=O)OC)cc1. The number of carbonyl (C=O) groups excluding carboxylic acids is 4. The summed E-state index contributed by atoms with van der Waals surface area (Å²) in [5.74, 6) is -0.963. The van der Waals surface area contributed by atoms with Crippen LogP contribution in [-0.2, 0) is 30.6 Å². The Labute approximate surface area is 305 Å². The van der Waals surface area contributed by atoms with E-state index in [-0.39, 0.29) is 30.1 Å². The molecule has 272 valence electrons. The van der Waals surface area contributed by atoms with Crippen LogP contribution in [0.25, 0.3) is 0 Å². The fourth-order valence-electron chi connectivity index (χ4n) is 4.24. The van der Waals surface area contributed by atoms with Crippen LogP contribution in [0, 0.1) is 0 Å². The predicted octanol–water partition coefficient (Wildman–Crippen LogP) is 6.64. The van der Waals surface area contributed by atoms with E-state index in [4.69, 9.17) is 33.5 Å². The lowest BCUT2D eigenvalue weighted by molar-refractivity contribution is -0.217. The molecule has 4 aromatic carbocycles. The van der Waals surface area contributed by atoms with Crippen molar-refractivity contribution < 1.29 is 52.6 Å². The van der Waals surface area contributed by atoms with Crippen molar-refractivity contribution in [2.24, 2.45) is 10.2 Å². The van der Waals surface area contributed by atoms with E-state index in [0.29, 0.717) is 42.3 Å². The third-order valence-electron chi connectivity index (χ3n) is 6.97. The van der Waals surface area contributed by atoms with E-state index >= 15 is 0 Å². The van der Waals surface area contributed by atoms with Gasteiger partial charge in [-0.15, -0.1) is 0 Å². The number of esters is 4. The Bertz CT molecular complexity index is 1940. The van der Waals surface area contributed by atoms with Gasteiger partial charge in [-0.2, -0.15) is 15.1 Å². The summed E-state index contributed by atoms with van der Waals surface area (Å²) in [7, 11) is 1.22. The minimum Gasteiger partial charge on any atom is -0.494 e. The Hall–Kier alpha value is -6.86. The molecule has 0 bridgehead atoms. The van der Waals surface area contributed by atoms with Crippen LogP contribution < -0.4 is 19.1 Å². The molecule has 4 rings (SSSR count). The zero-order chi connectivity index (χ0) is 37.8. The average molecular weight is 721 g/mol. The molecule has 0 fully saturated rings. The van der Waals surface area contributed by atoms with Crippen molar-refractivity contribution in [3.63, 3.8) is 0 Å². The molecule has 13 nitrogen and oxygen atoms in total. The first-order chi connectivity index (χ1) is 25.8. The molecule has 53 heavy (non-hydrogen) atoms. The van der Waals surface area contributed by atoms with E-state index in [1.54, 1.807) is 78.9 Å². The van der Waals surface area contributed by atoms with Gasteiger partial charge in [0.05, 0.1) is 38.3 Å². The summed E-state index contributed by atoms with van der Waals surface area (Å²) in [5.41, 5.74) is 2.32. The highest BCUT2D eigenvalue weighted by atomic mass is 17.2. The Morgan fingerprint density at radius 2 is 1.28 bits per heavy atom. The summed E-state index contributed by atoms with van der Waals surface area (Å²) in [4.78, 5) is 58.4. The molecule has 13 heteroatoms. The zero-order valence-corrected chi connectivity index (χ0v) is 28.8. The first-order valence-electron chi connectivity index (χ1n) is 16.1. The van der Waals surface area contributed by atoms with E-state index in [1.165, 1.54) is 31.7 Å². The van der Waals surface area contributed by atoms with Crippen molar-refractivity contribution in [2.75, 3.05) is 20.3 Å². The maximum Gasteiger partial charge on any atom is 0.343 e. The van der Waals surface area contributed by atoms with Gasteiger partial charge in [0.25, 0.3) is 0 Å². The number of methoxy groups -OCH3 is 1. The van der Waals surface area contributed by atoms with Crippen LogP contribution in [0.15, 0.2) is 127 Å². The highest BCUT2D eigenvalue weighted by molar-refractivity contribution is 5.98. The zero-order valence-electron chi connectivity index (χ0n) is 28.8. The molecule has 4 aromatic rings. The first-order valence-corrected chi connectivity index (χ1v) is 16.1. The lowest BCUT2D eigenvalue weighted by Gasteiger charge is -2.10. The first kappa shape index (κ1) is 38.9. The molecule has 0 aliphatic heterocycles. The van der Waals surface area contributed by atoms with Gasteiger partial charge in [0.1, 0.15) is 29.4 Å². The lowest BCUT2D eigenvalue weighted by atomic mass is 10.1. The Morgan fingerprint density at radius 3 is 1.96 bits per heavy atom. The molecule has 0 aliphatic carbocycles. The largest absolute Gasteiger partial charge is 0.494 e. The van der Waals surface area contributed by atoms with Crippen molar-refractivity contribution in [3.8, 4) is 23.0 Å². The monoisotopic (exact) mass is 720 g/mol. The summed E-state index contributed by atoms with van der Waals surface area (Å²) < 4.78 is 26.0. The minimum atomic E-state index is -0.703. The number of hydrogen-bond acceptors (Lipinski definition) is 13. The smallest absolute Gasteiger partial charge is 0.343 e. The van der Waals surface area contributed by atoms with Crippen LogP contribution in [0.2, 0.25) is 0 Å². The second-order valence-electron chi connectivity index (χ2n) is 10.8. The van der Waals surface area contributed by atoms with Crippen LogP contribution >= 0.6 is 0 Å². The Balaban J connectivity index is 1.25. The van der Waals surface area contributed by atoms with Gasteiger partial charge < -0.3 is 28.6 Å². The second-order valence-corrected chi connectivity index (χ2v) is 10.8. The normalized spacial score (nSPS) is 10.7. The van der Waals surface area contributed by atoms with Crippen LogP contribution in [0.1, 0.15) is 50.2 Å². The van der Waals surface area contributed by atoms with E-state index in [0.717, 1.165) is 23.3 Å². The van der Waals surface area contributed by atoms with Gasteiger partial charge in [0.15, 0.2) is 5.75 Å². The molecule has 0 aliphatic rings. The molecule has 0 radical (unpaired) electrons. The highest BCUT2D eigenvalue weighted by Crippen LogP contribution is 2.23. The van der Waals surface area contributed by atoms with Gasteiger partial charge in [-0.05, 0) is 108 Å². The highest BCUT2D eigenvalue weighted by Gasteiger charge is 2.18. The van der Waals surface area contributed by atoms with E-state index in [2.05, 4.69) is 23.4 Å². The fourth-order valence-corrected chi connectivity index (χ4v) is 4.24. The van der Waals surface area contributed by atoms with Crippen LogP contribution in [0.5, 0.6) is 23.0 Å². The Morgan fingerprint density at radius 1 is 0.660 bits per heavy atom. The Kier molecular flexibility index (Phi) is 15.2. The summed E-state index contributed by atoms with van der Waals surface area (Å²) >= 11 is 0. The number of hydrogen-bond donors (Lipinski definition) is 0. The molecular formula is C40H36N2O11. The van der Waals surface area contributed by atoms with E-state index in [1.807, 2.05) is 0 Å². The van der Waals surface area contributed by atoms with Crippen molar-refractivity contribution in [2.45, 2.75) is 19.4 Å². The molecular weight excluding hydrogens is 684 g/mol. The van der Waals surface area contributed by atoms with E-state index < -0.39 is 23.9 Å². The summed E-state index contributed by atoms with van der Waals surface area (Å²) in [6, 6.07) is 24.6. The number of unbranched alkanes of at least 4 members (excludes halogenated alkanes) is 1.